The van der Waals surface area contributed by atoms with Crippen LogP contribution in [0.4, 0.5) is 13.2 Å². The molecule has 0 amide bonds. The van der Waals surface area contributed by atoms with E-state index in [1.54, 1.807) is 12.0 Å². The van der Waals surface area contributed by atoms with Crippen LogP contribution < -0.4 is 5.73 Å². The molecule has 0 aromatic heterocycles. The van der Waals surface area contributed by atoms with Crippen LogP contribution in [0.1, 0.15) is 6.42 Å². The molecule has 3 nitrogen and oxygen atoms in total. The predicted octanol–water partition coefficient (Wildman–Crippen LogP) is 1.17. The second kappa shape index (κ2) is 5.29. The third kappa shape index (κ3) is 3.57. The highest BCUT2D eigenvalue weighted by molar-refractivity contribution is 7.80. The standard InChI is InChI=1S/C9H15F3N2OS/c1-15-6-2-3-14(4-6)5-7(8(13)16)9(10,11)12/h6-7H,2-5H2,1H3,(H2,13,16). The fourth-order valence-electron chi connectivity index (χ4n) is 1.77. The summed E-state index contributed by atoms with van der Waals surface area (Å²) in [6.45, 7) is 0.929. The molecule has 2 N–H and O–H groups in total. The number of likely N-dealkylation sites (tertiary alicyclic amines) is 1. The van der Waals surface area contributed by atoms with Crippen LogP contribution in [-0.4, -0.2) is 48.9 Å². The molecule has 94 valence electrons. The second-order valence-corrected chi connectivity index (χ2v) is 4.37. The van der Waals surface area contributed by atoms with Crippen LogP contribution in [0.25, 0.3) is 0 Å². The van der Waals surface area contributed by atoms with E-state index in [1.807, 2.05) is 0 Å². The van der Waals surface area contributed by atoms with Crippen molar-refractivity contribution in [3.05, 3.63) is 0 Å². The first-order valence-electron chi connectivity index (χ1n) is 4.95. The Kier molecular flexibility index (Phi) is 4.52. The van der Waals surface area contributed by atoms with E-state index in [9.17, 15) is 13.2 Å². The summed E-state index contributed by atoms with van der Waals surface area (Å²) in [6, 6.07) is 0. The van der Waals surface area contributed by atoms with Crippen LogP contribution in [0.3, 0.4) is 0 Å². The number of alkyl halides is 3. The molecular formula is C9H15F3N2OS. The van der Waals surface area contributed by atoms with Gasteiger partial charge in [0.1, 0.15) is 5.92 Å². The Hall–Kier alpha value is -0.400. The summed E-state index contributed by atoms with van der Waals surface area (Å²) in [4.78, 5) is 1.19. The van der Waals surface area contributed by atoms with Crippen molar-refractivity contribution in [3.63, 3.8) is 0 Å². The first-order chi connectivity index (χ1) is 7.34. The normalized spacial score (nSPS) is 24.6. The van der Waals surface area contributed by atoms with Crippen molar-refractivity contribution < 1.29 is 17.9 Å². The molecule has 0 saturated carbocycles. The minimum absolute atomic E-state index is 0.0141. The topological polar surface area (TPSA) is 38.5 Å². The number of nitrogens with zero attached hydrogens (tertiary/aromatic N) is 1. The molecule has 0 spiro atoms. The van der Waals surface area contributed by atoms with Gasteiger partial charge in [0.25, 0.3) is 0 Å². The Bertz CT molecular complexity index is 260. The highest BCUT2D eigenvalue weighted by Gasteiger charge is 2.43. The molecule has 7 heteroatoms. The molecule has 2 unspecified atom stereocenters. The molecule has 1 saturated heterocycles. The number of hydrogen-bond acceptors (Lipinski definition) is 3. The quantitative estimate of drug-likeness (QED) is 0.766. The van der Waals surface area contributed by atoms with Gasteiger partial charge in [-0.25, -0.2) is 0 Å². The van der Waals surface area contributed by atoms with Crippen molar-refractivity contribution in [2.75, 3.05) is 26.7 Å². The molecule has 0 aromatic carbocycles. The van der Waals surface area contributed by atoms with Gasteiger partial charge in [-0.1, -0.05) is 12.2 Å². The maximum absolute atomic E-state index is 12.6. The minimum atomic E-state index is -4.36. The SMILES string of the molecule is COC1CCN(CC(C(N)=S)C(F)(F)F)C1. The second-order valence-electron chi connectivity index (χ2n) is 3.90. The maximum Gasteiger partial charge on any atom is 0.399 e. The van der Waals surface area contributed by atoms with Gasteiger partial charge in [0.05, 0.1) is 11.1 Å². The molecule has 0 aliphatic carbocycles. The van der Waals surface area contributed by atoms with Crippen LogP contribution in [0, 0.1) is 5.92 Å². The van der Waals surface area contributed by atoms with Crippen molar-refractivity contribution in [1.82, 2.24) is 4.90 Å². The molecule has 0 aromatic rings. The zero-order valence-corrected chi connectivity index (χ0v) is 9.77. The molecule has 0 radical (unpaired) electrons. The Morgan fingerprint density at radius 1 is 1.62 bits per heavy atom. The van der Waals surface area contributed by atoms with Gasteiger partial charge in [-0.05, 0) is 6.42 Å². The van der Waals surface area contributed by atoms with Gasteiger partial charge >= 0.3 is 6.18 Å². The fraction of sp³-hybridized carbons (Fsp3) is 0.889. The largest absolute Gasteiger partial charge is 0.399 e. The van der Waals surface area contributed by atoms with Crippen molar-refractivity contribution in [1.29, 1.82) is 0 Å². The highest BCUT2D eigenvalue weighted by Crippen LogP contribution is 2.28. The molecule has 2 atom stereocenters. The lowest BCUT2D eigenvalue weighted by Crippen LogP contribution is -2.43. The fourth-order valence-corrected chi connectivity index (χ4v) is 1.98. The summed E-state index contributed by atoms with van der Waals surface area (Å²) < 4.78 is 42.8. The van der Waals surface area contributed by atoms with Gasteiger partial charge < -0.3 is 10.5 Å². The molecule has 1 heterocycles. The zero-order chi connectivity index (χ0) is 12.3. The van der Waals surface area contributed by atoms with Crippen molar-refractivity contribution in [2.45, 2.75) is 18.7 Å². The van der Waals surface area contributed by atoms with Crippen LogP contribution in [0.2, 0.25) is 0 Å². The molecule has 1 aliphatic heterocycles. The first kappa shape index (κ1) is 13.7. The molecule has 1 aliphatic rings. The number of rotatable bonds is 4. The Balaban J connectivity index is 2.54. The van der Waals surface area contributed by atoms with Gasteiger partial charge in [-0.3, -0.25) is 4.90 Å². The zero-order valence-electron chi connectivity index (χ0n) is 8.96. The average Bonchev–Trinajstić information content (AvgIpc) is 2.59. The number of thiocarbonyl (C=S) groups is 1. The van der Waals surface area contributed by atoms with Gasteiger partial charge in [0.15, 0.2) is 0 Å². The summed E-state index contributed by atoms with van der Waals surface area (Å²) in [5.74, 6) is -1.72. The van der Waals surface area contributed by atoms with E-state index >= 15 is 0 Å². The van der Waals surface area contributed by atoms with E-state index in [2.05, 4.69) is 12.2 Å². The van der Waals surface area contributed by atoms with E-state index in [4.69, 9.17) is 10.5 Å². The number of methoxy groups -OCH3 is 1. The van der Waals surface area contributed by atoms with Gasteiger partial charge in [0, 0.05) is 26.7 Å². The molecular weight excluding hydrogens is 241 g/mol. The Morgan fingerprint density at radius 3 is 2.62 bits per heavy atom. The number of hydrogen-bond donors (Lipinski definition) is 1. The first-order valence-corrected chi connectivity index (χ1v) is 5.36. The lowest BCUT2D eigenvalue weighted by atomic mass is 10.1. The lowest BCUT2D eigenvalue weighted by molar-refractivity contribution is -0.158. The number of halogens is 3. The van der Waals surface area contributed by atoms with Crippen molar-refractivity contribution >= 4 is 17.2 Å². The molecule has 0 bridgehead atoms. The summed E-state index contributed by atoms with van der Waals surface area (Å²) in [5, 5.41) is 0. The lowest BCUT2D eigenvalue weighted by Gasteiger charge is -2.24. The Morgan fingerprint density at radius 2 is 2.25 bits per heavy atom. The smallest absolute Gasteiger partial charge is 0.393 e. The van der Waals surface area contributed by atoms with E-state index in [1.165, 1.54) is 0 Å². The highest BCUT2D eigenvalue weighted by atomic mass is 32.1. The van der Waals surface area contributed by atoms with Gasteiger partial charge in [-0.15, -0.1) is 0 Å². The summed E-state index contributed by atoms with van der Waals surface area (Å²) in [7, 11) is 1.56. The predicted molar refractivity (Wildman–Crippen MR) is 58.2 cm³/mol. The number of ether oxygens (including phenoxy) is 1. The van der Waals surface area contributed by atoms with E-state index < -0.39 is 17.1 Å². The van der Waals surface area contributed by atoms with Crippen molar-refractivity contribution in [2.24, 2.45) is 11.7 Å². The van der Waals surface area contributed by atoms with E-state index in [0.717, 1.165) is 6.42 Å². The Labute approximate surface area is 97.7 Å². The van der Waals surface area contributed by atoms with Gasteiger partial charge in [-0.2, -0.15) is 13.2 Å². The van der Waals surface area contributed by atoms with Crippen LogP contribution >= 0.6 is 12.2 Å². The molecule has 1 fully saturated rings. The molecule has 1 rings (SSSR count). The summed E-state index contributed by atoms with van der Waals surface area (Å²) in [5.41, 5.74) is 5.12. The third-order valence-electron chi connectivity index (χ3n) is 2.74. The van der Waals surface area contributed by atoms with E-state index in [0.29, 0.717) is 13.1 Å². The summed E-state index contributed by atoms with van der Waals surface area (Å²) in [6.07, 6.45) is -3.60. The maximum atomic E-state index is 12.6. The minimum Gasteiger partial charge on any atom is -0.393 e. The monoisotopic (exact) mass is 256 g/mol. The summed E-state index contributed by atoms with van der Waals surface area (Å²) >= 11 is 4.46. The van der Waals surface area contributed by atoms with Crippen LogP contribution in [-0.2, 0) is 4.74 Å². The van der Waals surface area contributed by atoms with E-state index in [-0.39, 0.29) is 12.6 Å². The van der Waals surface area contributed by atoms with Gasteiger partial charge in [0.2, 0.25) is 0 Å². The van der Waals surface area contributed by atoms with Crippen LogP contribution in [0.15, 0.2) is 0 Å². The molecule has 16 heavy (non-hydrogen) atoms. The average molecular weight is 256 g/mol. The van der Waals surface area contributed by atoms with Crippen molar-refractivity contribution in [3.8, 4) is 0 Å². The van der Waals surface area contributed by atoms with Crippen LogP contribution in [0.5, 0.6) is 0 Å². The third-order valence-corrected chi connectivity index (χ3v) is 3.03. The number of nitrogens with two attached hydrogens (primary N) is 1.